The van der Waals surface area contributed by atoms with Crippen LogP contribution in [0.3, 0.4) is 0 Å². The normalized spacial score (nSPS) is 10.4. The zero-order valence-corrected chi connectivity index (χ0v) is 11.3. The number of aliphatic carboxylic acids is 1. The van der Waals surface area contributed by atoms with Gasteiger partial charge in [0.1, 0.15) is 6.04 Å². The molecule has 0 aliphatic carbocycles. The Bertz CT molecular complexity index is 178. The van der Waals surface area contributed by atoms with Gasteiger partial charge < -0.3 is 27.4 Å². The molecule has 0 saturated carbocycles. The maximum atomic E-state index is 10.2. The molecule has 0 aliphatic rings. The van der Waals surface area contributed by atoms with Crippen molar-refractivity contribution in [3.8, 4) is 0 Å². The molecule has 78 valence electrons. The van der Waals surface area contributed by atoms with Gasteiger partial charge in [0.2, 0.25) is 0 Å². The van der Waals surface area contributed by atoms with E-state index in [1.165, 1.54) is 0 Å². The number of rotatable bonds is 5. The first kappa shape index (κ1) is 19.8. The molecule has 0 aromatic rings. The van der Waals surface area contributed by atoms with Gasteiger partial charge in [0, 0.05) is 6.54 Å². The number of nitrogens with one attached hydrogen (secondary N) is 2. The first-order valence-electron chi connectivity index (χ1n) is 3.60. The van der Waals surface area contributed by atoms with Crippen molar-refractivity contribution in [1.82, 2.24) is 5.32 Å². The number of nitrogens with two attached hydrogens (primary N) is 2. The Labute approximate surface area is 125 Å². The minimum absolute atomic E-state index is 0. The summed E-state index contributed by atoms with van der Waals surface area (Å²) < 4.78 is 0. The molecule has 0 aromatic heterocycles. The molecule has 0 aliphatic heterocycles. The molecular formula is C6H15KN4O3. The third-order valence-electron chi connectivity index (χ3n) is 1.32. The summed E-state index contributed by atoms with van der Waals surface area (Å²) in [6.07, 6.45) is 0.975. The Morgan fingerprint density at radius 1 is 1.57 bits per heavy atom. The van der Waals surface area contributed by atoms with Gasteiger partial charge in [-0.3, -0.25) is 10.2 Å². The van der Waals surface area contributed by atoms with Crippen molar-refractivity contribution in [2.24, 2.45) is 11.5 Å². The van der Waals surface area contributed by atoms with Crippen LogP contribution in [0.1, 0.15) is 12.8 Å². The number of carboxylic acid groups (broad SMARTS) is 1. The van der Waals surface area contributed by atoms with Crippen LogP contribution >= 0.6 is 0 Å². The van der Waals surface area contributed by atoms with Crippen LogP contribution in [0.5, 0.6) is 0 Å². The summed E-state index contributed by atoms with van der Waals surface area (Å²) in [6.45, 7) is 0.482. The van der Waals surface area contributed by atoms with Crippen molar-refractivity contribution in [2.45, 2.75) is 18.9 Å². The maximum Gasteiger partial charge on any atom is 1.00 e. The number of carboxylic acids is 1. The van der Waals surface area contributed by atoms with E-state index in [2.05, 4.69) is 5.32 Å². The summed E-state index contributed by atoms with van der Waals surface area (Å²) in [5.74, 6) is -1.11. The Kier molecular flexibility index (Phi) is 16.1. The van der Waals surface area contributed by atoms with E-state index in [9.17, 15) is 4.79 Å². The first-order chi connectivity index (χ1) is 5.54. The molecular weight excluding hydrogens is 215 g/mol. The van der Waals surface area contributed by atoms with Gasteiger partial charge in [-0.25, -0.2) is 0 Å². The fourth-order valence-corrected chi connectivity index (χ4v) is 0.669. The third-order valence-corrected chi connectivity index (χ3v) is 1.32. The van der Waals surface area contributed by atoms with Crippen molar-refractivity contribution in [3.63, 3.8) is 0 Å². The Morgan fingerprint density at radius 3 is 2.43 bits per heavy atom. The molecule has 0 fully saturated rings. The molecule has 14 heavy (non-hydrogen) atoms. The van der Waals surface area contributed by atoms with Gasteiger partial charge in [0.25, 0.3) is 0 Å². The summed E-state index contributed by atoms with van der Waals surface area (Å²) in [6, 6.07) is -0.821. The molecule has 8 N–H and O–H groups in total. The van der Waals surface area contributed by atoms with E-state index >= 15 is 0 Å². The standard InChI is InChI=1S/C6H14N4O2.K.H2O/c7-4(5(11)12)2-1-3-10-6(8)9;;/h4H,1-3,7H2,(H,11,12)(H4,8,9,10);;1H2/q;+1;/p-1/t4-;;/m0../s1. The summed E-state index contributed by atoms with van der Waals surface area (Å²) in [5, 5.41) is 17.7. The number of hydrogen-bond donors (Lipinski definition) is 5. The Hall–Kier alpha value is 0.296. The smallest absolute Gasteiger partial charge is 0.870 e. The average Bonchev–Trinajstić information content (AvgIpc) is 1.97. The predicted molar refractivity (Wildman–Crippen MR) is 46.7 cm³/mol. The first-order valence-corrected chi connectivity index (χ1v) is 3.60. The maximum absolute atomic E-state index is 10.2. The molecule has 0 amide bonds. The second-order valence-electron chi connectivity index (χ2n) is 2.43. The fraction of sp³-hybridized carbons (Fsp3) is 0.667. The third kappa shape index (κ3) is 12.3. The van der Waals surface area contributed by atoms with Crippen LogP contribution in [-0.4, -0.2) is 35.1 Å². The molecule has 0 unspecified atom stereocenters. The van der Waals surface area contributed by atoms with E-state index in [1.807, 2.05) is 0 Å². The zero-order chi connectivity index (χ0) is 9.56. The van der Waals surface area contributed by atoms with Crippen LogP contribution in [0, 0.1) is 5.41 Å². The van der Waals surface area contributed by atoms with Gasteiger partial charge in [0.15, 0.2) is 5.96 Å². The molecule has 8 heteroatoms. The predicted octanol–water partition coefficient (Wildman–Crippen LogP) is -4.51. The van der Waals surface area contributed by atoms with Crippen molar-refractivity contribution in [1.29, 1.82) is 5.41 Å². The van der Waals surface area contributed by atoms with Crippen LogP contribution in [0.4, 0.5) is 0 Å². The van der Waals surface area contributed by atoms with Crippen LogP contribution < -0.4 is 68.2 Å². The molecule has 0 heterocycles. The van der Waals surface area contributed by atoms with Crippen molar-refractivity contribution >= 4 is 11.9 Å². The molecule has 0 bridgehead atoms. The average molecular weight is 230 g/mol. The topological polar surface area (TPSA) is 155 Å². The summed E-state index contributed by atoms with van der Waals surface area (Å²) in [4.78, 5) is 10.2. The SMILES string of the molecule is N=C(N)NCCC[C@H](N)C(=O)O.[K+].[OH-]. The summed E-state index contributed by atoms with van der Waals surface area (Å²) >= 11 is 0. The summed E-state index contributed by atoms with van der Waals surface area (Å²) in [7, 11) is 0. The van der Waals surface area contributed by atoms with Gasteiger partial charge in [-0.2, -0.15) is 0 Å². The molecule has 0 saturated heterocycles. The van der Waals surface area contributed by atoms with Crippen LogP contribution in [-0.2, 0) is 4.79 Å². The van der Waals surface area contributed by atoms with E-state index in [0.29, 0.717) is 19.4 Å². The second kappa shape index (κ2) is 11.4. The molecule has 0 aromatic carbocycles. The van der Waals surface area contributed by atoms with Crippen LogP contribution in [0.15, 0.2) is 0 Å². The van der Waals surface area contributed by atoms with Crippen LogP contribution in [0.25, 0.3) is 0 Å². The van der Waals surface area contributed by atoms with Gasteiger partial charge in [-0.15, -0.1) is 0 Å². The van der Waals surface area contributed by atoms with Crippen LogP contribution in [0.2, 0.25) is 0 Å². The monoisotopic (exact) mass is 230 g/mol. The van der Waals surface area contributed by atoms with Gasteiger partial charge in [0.05, 0.1) is 0 Å². The van der Waals surface area contributed by atoms with E-state index < -0.39 is 12.0 Å². The van der Waals surface area contributed by atoms with E-state index in [1.54, 1.807) is 0 Å². The van der Waals surface area contributed by atoms with E-state index in [0.717, 1.165) is 0 Å². The second-order valence-corrected chi connectivity index (χ2v) is 2.43. The Morgan fingerprint density at radius 2 is 2.07 bits per heavy atom. The zero-order valence-electron chi connectivity index (χ0n) is 8.16. The quantitative estimate of drug-likeness (QED) is 0.139. The van der Waals surface area contributed by atoms with Crippen molar-refractivity contribution in [2.75, 3.05) is 6.54 Å². The number of carbonyl (C=O) groups is 1. The van der Waals surface area contributed by atoms with Crippen molar-refractivity contribution in [3.05, 3.63) is 0 Å². The van der Waals surface area contributed by atoms with Crippen molar-refractivity contribution < 1.29 is 66.8 Å². The largest absolute Gasteiger partial charge is 1.00 e. The minimum Gasteiger partial charge on any atom is -0.870 e. The van der Waals surface area contributed by atoms with E-state index in [-0.39, 0.29) is 62.8 Å². The molecule has 0 rings (SSSR count). The number of hydrogen-bond acceptors (Lipinski definition) is 4. The molecule has 0 spiro atoms. The minimum atomic E-state index is -1.00. The van der Waals surface area contributed by atoms with E-state index in [4.69, 9.17) is 22.0 Å². The summed E-state index contributed by atoms with van der Waals surface area (Å²) in [5.41, 5.74) is 10.2. The number of guanidine groups is 1. The van der Waals surface area contributed by atoms with Gasteiger partial charge >= 0.3 is 57.4 Å². The van der Waals surface area contributed by atoms with Gasteiger partial charge in [-0.1, -0.05) is 0 Å². The van der Waals surface area contributed by atoms with Gasteiger partial charge in [-0.05, 0) is 12.8 Å². The molecule has 1 atom stereocenters. The Balaban J connectivity index is -0.000000605. The fourth-order valence-electron chi connectivity index (χ4n) is 0.669. The molecule has 0 radical (unpaired) electrons. The molecule has 7 nitrogen and oxygen atoms in total.